The van der Waals surface area contributed by atoms with E-state index in [1.807, 2.05) is 0 Å². The molecular formula is C6H7BaNO2. The van der Waals surface area contributed by atoms with Crippen LogP contribution in [0, 0.1) is 0 Å². The average Bonchev–Trinajstić information content (AvgIpc) is 1.90. The summed E-state index contributed by atoms with van der Waals surface area (Å²) in [7, 11) is 0. The maximum atomic E-state index is 10.2. The van der Waals surface area contributed by atoms with Crippen molar-refractivity contribution in [3.05, 3.63) is 30.1 Å². The van der Waals surface area contributed by atoms with Crippen molar-refractivity contribution in [2.45, 2.75) is 0 Å². The average molecular weight is 262 g/mol. The Kier molecular flexibility index (Phi) is 5.02. The van der Waals surface area contributed by atoms with Gasteiger partial charge in [-0.3, -0.25) is 4.98 Å². The minimum absolute atomic E-state index is 0. The van der Waals surface area contributed by atoms with Gasteiger partial charge in [0, 0.05) is 12.4 Å². The van der Waals surface area contributed by atoms with E-state index < -0.39 is 5.97 Å². The maximum Gasteiger partial charge on any atom is 2.00 e. The first kappa shape index (κ1) is 10.2. The fourth-order valence-electron chi connectivity index (χ4n) is 0.494. The monoisotopic (exact) mass is 263 g/mol. The Morgan fingerprint density at radius 3 is 2.30 bits per heavy atom. The molecule has 1 heterocycles. The zero-order valence-electron chi connectivity index (χ0n) is 7.32. The van der Waals surface area contributed by atoms with Crippen LogP contribution in [0.15, 0.2) is 24.5 Å². The van der Waals surface area contributed by atoms with E-state index in [-0.39, 0.29) is 57.3 Å². The first-order chi connectivity index (χ1) is 4.30. The van der Waals surface area contributed by atoms with Crippen molar-refractivity contribution in [3.63, 3.8) is 0 Å². The van der Waals surface area contributed by atoms with Gasteiger partial charge in [0.25, 0.3) is 0 Å². The molecule has 0 unspecified atom stereocenters. The second kappa shape index (κ2) is 4.92. The zero-order chi connectivity index (χ0) is 6.69. The Morgan fingerprint density at radius 1 is 1.50 bits per heavy atom. The van der Waals surface area contributed by atoms with Crippen molar-refractivity contribution in [3.8, 4) is 0 Å². The topological polar surface area (TPSA) is 50.2 Å². The van der Waals surface area contributed by atoms with Gasteiger partial charge in [0.15, 0.2) is 0 Å². The van der Waals surface area contributed by atoms with Crippen LogP contribution in [-0.4, -0.2) is 64.9 Å². The van der Waals surface area contributed by atoms with Gasteiger partial charge in [0.2, 0.25) is 0 Å². The molecule has 1 aromatic rings. The number of aromatic carboxylic acids is 1. The number of carbonyl (C=O) groups is 1. The Balaban J connectivity index is -0.000000270. The van der Waals surface area contributed by atoms with Gasteiger partial charge in [0.1, 0.15) is 0 Å². The normalized spacial score (nSPS) is 8.00. The summed E-state index contributed by atoms with van der Waals surface area (Å²) < 4.78 is 0. The second-order valence-electron chi connectivity index (χ2n) is 1.54. The molecule has 0 aliphatic heterocycles. The number of nitrogens with zero attached hydrogens (tertiary/aromatic N) is 1. The van der Waals surface area contributed by atoms with Crippen LogP contribution in [0.1, 0.15) is 13.2 Å². The van der Waals surface area contributed by atoms with Crippen LogP contribution >= 0.6 is 0 Å². The molecule has 1 rings (SSSR count). The van der Waals surface area contributed by atoms with Crippen LogP contribution in [0.3, 0.4) is 0 Å². The van der Waals surface area contributed by atoms with Crippen LogP contribution in [0.5, 0.6) is 0 Å². The van der Waals surface area contributed by atoms with Crippen LogP contribution in [0.2, 0.25) is 0 Å². The molecule has 1 N–H and O–H groups in total. The minimum atomic E-state index is -0.919. The summed E-state index contributed by atoms with van der Waals surface area (Å²) in [4.78, 5) is 13.8. The minimum Gasteiger partial charge on any atom is -1.00 e. The van der Waals surface area contributed by atoms with E-state index in [1.54, 1.807) is 0 Å². The first-order valence-corrected chi connectivity index (χ1v) is 2.44. The molecule has 0 amide bonds. The van der Waals surface area contributed by atoms with E-state index in [0.29, 0.717) is 0 Å². The molecule has 0 spiro atoms. The Labute approximate surface area is 102 Å². The van der Waals surface area contributed by atoms with Gasteiger partial charge in [-0.1, -0.05) is 0 Å². The van der Waals surface area contributed by atoms with Crippen molar-refractivity contribution in [2.75, 3.05) is 0 Å². The molecule has 50 valence electrons. The molecule has 0 fully saturated rings. The molecule has 0 aliphatic rings. The third kappa shape index (κ3) is 2.85. The maximum absolute atomic E-state index is 10.2. The van der Waals surface area contributed by atoms with Crippen LogP contribution in [-0.2, 0) is 0 Å². The van der Waals surface area contributed by atoms with Crippen molar-refractivity contribution >= 4 is 54.9 Å². The summed E-state index contributed by atoms with van der Waals surface area (Å²) in [6, 6.07) is 2.89. The molecule has 0 aromatic carbocycles. The van der Waals surface area contributed by atoms with Crippen LogP contribution < -0.4 is 0 Å². The number of rotatable bonds is 1. The number of carboxylic acid groups (broad SMARTS) is 1. The Hall–Kier alpha value is 0.191. The molecule has 0 saturated carbocycles. The standard InChI is InChI=1S/C6H5NO2.Ba.2H/c8-6(9)5-1-3-7-4-2-5;;;/h1-4H,(H,8,9);;;/q;+2;2*-1. The van der Waals surface area contributed by atoms with E-state index >= 15 is 0 Å². The third-order valence-corrected chi connectivity index (χ3v) is 0.927. The van der Waals surface area contributed by atoms with Gasteiger partial charge in [-0.25, -0.2) is 4.79 Å². The molecule has 0 bridgehead atoms. The SMILES string of the molecule is O=C(O)c1ccncc1.[Ba+2].[H-].[H-]. The summed E-state index contributed by atoms with van der Waals surface area (Å²) in [6.45, 7) is 0. The van der Waals surface area contributed by atoms with Crippen molar-refractivity contribution in [1.29, 1.82) is 0 Å². The smallest absolute Gasteiger partial charge is 1.00 e. The van der Waals surface area contributed by atoms with Crippen molar-refractivity contribution in [2.24, 2.45) is 0 Å². The summed E-state index contributed by atoms with van der Waals surface area (Å²) in [5.74, 6) is -0.919. The summed E-state index contributed by atoms with van der Waals surface area (Å²) in [5.41, 5.74) is 0.269. The summed E-state index contributed by atoms with van der Waals surface area (Å²) in [5, 5.41) is 8.36. The van der Waals surface area contributed by atoms with Crippen molar-refractivity contribution in [1.82, 2.24) is 4.98 Å². The molecular weight excluding hydrogens is 255 g/mol. The summed E-state index contributed by atoms with van der Waals surface area (Å²) >= 11 is 0. The molecule has 4 heteroatoms. The number of hydrogen-bond acceptors (Lipinski definition) is 2. The van der Waals surface area contributed by atoms with Gasteiger partial charge in [-0.05, 0) is 12.1 Å². The van der Waals surface area contributed by atoms with Gasteiger partial charge in [0.05, 0.1) is 5.56 Å². The van der Waals surface area contributed by atoms with Crippen LogP contribution in [0.4, 0.5) is 0 Å². The Morgan fingerprint density at radius 2 is 2.00 bits per heavy atom. The molecule has 10 heavy (non-hydrogen) atoms. The fraction of sp³-hybridized carbons (Fsp3) is 0. The largest absolute Gasteiger partial charge is 2.00 e. The second-order valence-corrected chi connectivity index (χ2v) is 1.54. The van der Waals surface area contributed by atoms with Gasteiger partial charge in [-0.2, -0.15) is 0 Å². The third-order valence-electron chi connectivity index (χ3n) is 0.927. The number of pyridine rings is 1. The summed E-state index contributed by atoms with van der Waals surface area (Å²) in [6.07, 6.45) is 2.90. The van der Waals surface area contributed by atoms with E-state index in [2.05, 4.69) is 4.98 Å². The first-order valence-electron chi connectivity index (χ1n) is 2.44. The molecule has 0 aliphatic carbocycles. The predicted molar refractivity (Wildman–Crippen MR) is 39.2 cm³/mol. The zero-order valence-corrected chi connectivity index (χ0v) is 9.76. The van der Waals surface area contributed by atoms with Gasteiger partial charge < -0.3 is 7.96 Å². The van der Waals surface area contributed by atoms with Gasteiger partial charge in [-0.15, -0.1) is 0 Å². The van der Waals surface area contributed by atoms with Crippen molar-refractivity contribution < 1.29 is 12.8 Å². The predicted octanol–water partition coefficient (Wildman–Crippen LogP) is 0.624. The molecule has 0 radical (unpaired) electrons. The van der Waals surface area contributed by atoms with E-state index in [0.717, 1.165) is 0 Å². The van der Waals surface area contributed by atoms with E-state index in [9.17, 15) is 4.79 Å². The Bertz CT molecular complexity index is 220. The molecule has 0 atom stereocenters. The van der Waals surface area contributed by atoms with E-state index in [4.69, 9.17) is 5.11 Å². The molecule has 3 nitrogen and oxygen atoms in total. The molecule has 0 saturated heterocycles. The van der Waals surface area contributed by atoms with E-state index in [1.165, 1.54) is 24.5 Å². The fourth-order valence-corrected chi connectivity index (χ4v) is 0.494. The molecule has 1 aromatic heterocycles. The number of carboxylic acids is 1. The quantitative estimate of drug-likeness (QED) is 0.755. The van der Waals surface area contributed by atoms with Gasteiger partial charge >= 0.3 is 54.9 Å². The number of aromatic nitrogens is 1. The van der Waals surface area contributed by atoms with Crippen LogP contribution in [0.25, 0.3) is 0 Å². The number of hydrogen-bond donors (Lipinski definition) is 1.